The van der Waals surface area contributed by atoms with E-state index in [1.165, 1.54) is 11.1 Å². The average Bonchev–Trinajstić information content (AvgIpc) is 2.63. The summed E-state index contributed by atoms with van der Waals surface area (Å²) in [4.78, 5) is 9.85. The van der Waals surface area contributed by atoms with E-state index in [4.69, 9.17) is 0 Å². The van der Waals surface area contributed by atoms with E-state index in [0.717, 1.165) is 44.7 Å². The molecule has 0 amide bonds. The quantitative estimate of drug-likeness (QED) is 0.866. The summed E-state index contributed by atoms with van der Waals surface area (Å²) in [6, 6.07) is 9.46. The lowest BCUT2D eigenvalue weighted by atomic mass is 9.96. The SMILES string of the molecule is Cc1ccc(CN2CCC(CNc3nccc(C(F)(F)F)n3)CC2)cc1. The summed E-state index contributed by atoms with van der Waals surface area (Å²) in [6.07, 6.45) is -1.28. The first-order chi connectivity index (χ1) is 12.4. The van der Waals surface area contributed by atoms with E-state index in [2.05, 4.69) is 51.4 Å². The van der Waals surface area contributed by atoms with E-state index in [-0.39, 0.29) is 5.95 Å². The number of halogens is 3. The Morgan fingerprint density at radius 1 is 1.12 bits per heavy atom. The van der Waals surface area contributed by atoms with Gasteiger partial charge in [-0.2, -0.15) is 13.2 Å². The number of aryl methyl sites for hydroxylation is 1. The molecule has 0 atom stereocenters. The zero-order valence-corrected chi connectivity index (χ0v) is 14.8. The molecule has 1 aromatic carbocycles. The summed E-state index contributed by atoms with van der Waals surface area (Å²) in [5, 5.41) is 2.96. The van der Waals surface area contributed by atoms with Crippen molar-refractivity contribution in [1.82, 2.24) is 14.9 Å². The number of anilines is 1. The Morgan fingerprint density at radius 2 is 1.81 bits per heavy atom. The number of rotatable bonds is 5. The molecule has 2 heterocycles. The third kappa shape index (κ3) is 5.17. The highest BCUT2D eigenvalue weighted by atomic mass is 19.4. The Morgan fingerprint density at radius 3 is 2.46 bits per heavy atom. The topological polar surface area (TPSA) is 41.0 Å². The Labute approximate surface area is 151 Å². The molecule has 0 saturated carbocycles. The molecule has 1 aliphatic rings. The molecule has 1 aliphatic heterocycles. The summed E-state index contributed by atoms with van der Waals surface area (Å²) >= 11 is 0. The molecule has 0 unspecified atom stereocenters. The largest absolute Gasteiger partial charge is 0.433 e. The smallest absolute Gasteiger partial charge is 0.354 e. The first-order valence-corrected chi connectivity index (χ1v) is 8.82. The van der Waals surface area contributed by atoms with Gasteiger partial charge in [0, 0.05) is 19.3 Å². The second-order valence-electron chi connectivity index (χ2n) is 6.85. The molecule has 4 nitrogen and oxygen atoms in total. The van der Waals surface area contributed by atoms with Crippen LogP contribution in [0, 0.1) is 12.8 Å². The summed E-state index contributed by atoms with van der Waals surface area (Å²) in [5.74, 6) is 0.462. The molecule has 2 aromatic rings. The third-order valence-electron chi connectivity index (χ3n) is 4.73. The van der Waals surface area contributed by atoms with Gasteiger partial charge in [0.05, 0.1) is 0 Å². The van der Waals surface area contributed by atoms with Crippen LogP contribution in [0.3, 0.4) is 0 Å². The fraction of sp³-hybridized carbons (Fsp3) is 0.474. The number of piperidine rings is 1. The summed E-state index contributed by atoms with van der Waals surface area (Å²) < 4.78 is 38.0. The van der Waals surface area contributed by atoms with Gasteiger partial charge in [-0.1, -0.05) is 29.8 Å². The minimum atomic E-state index is -4.44. The number of hydrogen-bond acceptors (Lipinski definition) is 4. The first kappa shape index (κ1) is 18.6. The molecule has 0 radical (unpaired) electrons. The molecule has 26 heavy (non-hydrogen) atoms. The van der Waals surface area contributed by atoms with Crippen molar-refractivity contribution in [2.75, 3.05) is 25.0 Å². The van der Waals surface area contributed by atoms with Crippen molar-refractivity contribution in [3.8, 4) is 0 Å². The molecule has 1 N–H and O–H groups in total. The van der Waals surface area contributed by atoms with Crippen LogP contribution in [0.1, 0.15) is 29.7 Å². The maximum atomic E-state index is 12.7. The Balaban J connectivity index is 1.45. The van der Waals surface area contributed by atoms with Crippen molar-refractivity contribution in [1.29, 1.82) is 0 Å². The number of hydrogen-bond donors (Lipinski definition) is 1. The Kier molecular flexibility index (Phi) is 5.76. The number of nitrogens with zero attached hydrogens (tertiary/aromatic N) is 3. The molecular weight excluding hydrogens is 341 g/mol. The number of likely N-dealkylation sites (tertiary alicyclic amines) is 1. The molecule has 140 valence electrons. The van der Waals surface area contributed by atoms with Crippen LogP contribution in [0.15, 0.2) is 36.5 Å². The van der Waals surface area contributed by atoms with Gasteiger partial charge in [0.15, 0.2) is 0 Å². The van der Waals surface area contributed by atoms with Crippen LogP contribution in [-0.2, 0) is 12.7 Å². The van der Waals surface area contributed by atoms with Gasteiger partial charge >= 0.3 is 6.18 Å². The maximum Gasteiger partial charge on any atom is 0.433 e. The predicted molar refractivity (Wildman–Crippen MR) is 94.7 cm³/mol. The van der Waals surface area contributed by atoms with Crippen molar-refractivity contribution >= 4 is 5.95 Å². The van der Waals surface area contributed by atoms with E-state index in [0.29, 0.717) is 12.5 Å². The fourth-order valence-electron chi connectivity index (χ4n) is 3.14. The third-order valence-corrected chi connectivity index (χ3v) is 4.73. The van der Waals surface area contributed by atoms with Crippen LogP contribution in [0.5, 0.6) is 0 Å². The van der Waals surface area contributed by atoms with E-state index >= 15 is 0 Å². The molecule has 3 rings (SSSR count). The number of benzene rings is 1. The van der Waals surface area contributed by atoms with Gasteiger partial charge < -0.3 is 5.32 Å². The van der Waals surface area contributed by atoms with Crippen molar-refractivity contribution < 1.29 is 13.2 Å². The van der Waals surface area contributed by atoms with Crippen molar-refractivity contribution in [2.24, 2.45) is 5.92 Å². The maximum absolute atomic E-state index is 12.7. The van der Waals surface area contributed by atoms with Crippen LogP contribution < -0.4 is 5.32 Å². The van der Waals surface area contributed by atoms with E-state index in [9.17, 15) is 13.2 Å². The van der Waals surface area contributed by atoms with E-state index in [1.54, 1.807) is 0 Å². The highest BCUT2D eigenvalue weighted by molar-refractivity contribution is 5.26. The van der Waals surface area contributed by atoms with Gasteiger partial charge in [0.25, 0.3) is 0 Å². The molecule has 1 saturated heterocycles. The van der Waals surface area contributed by atoms with Crippen LogP contribution in [-0.4, -0.2) is 34.5 Å². The standard InChI is InChI=1S/C19H23F3N4/c1-14-2-4-16(5-3-14)13-26-10-7-15(8-11-26)12-24-18-23-9-6-17(25-18)19(20,21)22/h2-6,9,15H,7-8,10-13H2,1H3,(H,23,24,25). The van der Waals surface area contributed by atoms with E-state index < -0.39 is 11.9 Å². The number of aromatic nitrogens is 2. The van der Waals surface area contributed by atoms with Gasteiger partial charge in [-0.25, -0.2) is 9.97 Å². The minimum Gasteiger partial charge on any atom is -0.354 e. The zero-order chi connectivity index (χ0) is 18.6. The van der Waals surface area contributed by atoms with Crippen LogP contribution in [0.2, 0.25) is 0 Å². The first-order valence-electron chi connectivity index (χ1n) is 8.82. The monoisotopic (exact) mass is 364 g/mol. The van der Waals surface area contributed by atoms with Crippen molar-refractivity contribution in [2.45, 2.75) is 32.5 Å². The average molecular weight is 364 g/mol. The second-order valence-corrected chi connectivity index (χ2v) is 6.85. The predicted octanol–water partition coefficient (Wildman–Crippen LogP) is 4.13. The molecule has 7 heteroatoms. The Bertz CT molecular complexity index is 707. The zero-order valence-electron chi connectivity index (χ0n) is 14.8. The lowest BCUT2D eigenvalue weighted by Gasteiger charge is -2.32. The molecular formula is C19H23F3N4. The normalized spacial score (nSPS) is 16.6. The number of nitrogens with one attached hydrogen (secondary N) is 1. The summed E-state index contributed by atoms with van der Waals surface area (Å²) in [5.41, 5.74) is 1.66. The highest BCUT2D eigenvalue weighted by Gasteiger charge is 2.32. The molecule has 0 spiro atoms. The molecule has 0 bridgehead atoms. The summed E-state index contributed by atoms with van der Waals surface area (Å²) in [7, 11) is 0. The molecule has 0 aliphatic carbocycles. The van der Waals surface area contributed by atoms with Gasteiger partial charge in [0.1, 0.15) is 5.69 Å². The van der Waals surface area contributed by atoms with Gasteiger partial charge in [-0.05, 0) is 50.4 Å². The Hall–Kier alpha value is -2.15. The fourth-order valence-corrected chi connectivity index (χ4v) is 3.14. The van der Waals surface area contributed by atoms with Crippen molar-refractivity contribution in [3.63, 3.8) is 0 Å². The van der Waals surface area contributed by atoms with Crippen molar-refractivity contribution in [3.05, 3.63) is 53.3 Å². The molecule has 1 aromatic heterocycles. The lowest BCUT2D eigenvalue weighted by Crippen LogP contribution is -2.35. The highest BCUT2D eigenvalue weighted by Crippen LogP contribution is 2.27. The molecule has 1 fully saturated rings. The summed E-state index contributed by atoms with van der Waals surface area (Å²) in [6.45, 7) is 5.60. The van der Waals surface area contributed by atoms with Crippen LogP contribution >= 0.6 is 0 Å². The minimum absolute atomic E-state index is 0.0434. The van der Waals surface area contributed by atoms with Gasteiger partial charge in [0.2, 0.25) is 5.95 Å². The number of alkyl halides is 3. The van der Waals surface area contributed by atoms with Gasteiger partial charge in [-0.15, -0.1) is 0 Å². The lowest BCUT2D eigenvalue weighted by molar-refractivity contribution is -0.141. The van der Waals surface area contributed by atoms with Crippen LogP contribution in [0.25, 0.3) is 0 Å². The van der Waals surface area contributed by atoms with Gasteiger partial charge in [-0.3, -0.25) is 4.90 Å². The van der Waals surface area contributed by atoms with Crippen LogP contribution in [0.4, 0.5) is 19.1 Å². The van der Waals surface area contributed by atoms with E-state index in [1.807, 2.05) is 0 Å². The second kappa shape index (κ2) is 8.03.